The van der Waals surface area contributed by atoms with Gasteiger partial charge in [-0.3, -0.25) is 4.90 Å². The highest BCUT2D eigenvalue weighted by molar-refractivity contribution is 5.89. The number of carbonyl (C=O) groups is 1. The van der Waals surface area contributed by atoms with E-state index in [1.54, 1.807) is 36.4 Å². The largest absolute Gasteiger partial charge is 0.492 e. The molecule has 0 N–H and O–H groups in total. The normalized spacial score (nSPS) is 14.4. The van der Waals surface area contributed by atoms with E-state index in [2.05, 4.69) is 4.90 Å². The van der Waals surface area contributed by atoms with Gasteiger partial charge in [0.05, 0.1) is 18.4 Å². The predicted octanol–water partition coefficient (Wildman–Crippen LogP) is 2.68. The summed E-state index contributed by atoms with van der Waals surface area (Å²) in [5.74, 6) is -0.249. The fourth-order valence-electron chi connectivity index (χ4n) is 3.22. The first-order valence-electron chi connectivity index (χ1n) is 9.09. The lowest BCUT2D eigenvalue weighted by molar-refractivity contribution is 0.0600. The summed E-state index contributed by atoms with van der Waals surface area (Å²) in [5.41, 5.74) is 1.21. The summed E-state index contributed by atoms with van der Waals surface area (Å²) in [5, 5.41) is 9.20. The van der Waals surface area contributed by atoms with Gasteiger partial charge in [-0.15, -0.1) is 0 Å². The Bertz CT molecular complexity index is 873. The molecule has 0 aromatic heterocycles. The minimum atomic E-state index is -0.481. The smallest absolute Gasteiger partial charge is 0.337 e. The van der Waals surface area contributed by atoms with Crippen molar-refractivity contribution in [1.29, 1.82) is 5.26 Å². The molecule has 1 aliphatic rings. The molecule has 0 bridgehead atoms. The minimum Gasteiger partial charge on any atom is -0.492 e. The predicted molar refractivity (Wildman–Crippen MR) is 103 cm³/mol. The number of nitriles is 1. The lowest BCUT2D eigenvalue weighted by Gasteiger charge is -2.36. The second kappa shape index (κ2) is 9.20. The summed E-state index contributed by atoms with van der Waals surface area (Å²) in [4.78, 5) is 15.9. The third-order valence-electron chi connectivity index (χ3n) is 4.75. The van der Waals surface area contributed by atoms with Crippen LogP contribution in [0.1, 0.15) is 15.9 Å². The van der Waals surface area contributed by atoms with E-state index in [4.69, 9.17) is 9.47 Å². The van der Waals surface area contributed by atoms with E-state index in [0.717, 1.165) is 32.7 Å². The fourth-order valence-corrected chi connectivity index (χ4v) is 3.22. The first kappa shape index (κ1) is 19.6. The van der Waals surface area contributed by atoms with Gasteiger partial charge in [0.15, 0.2) is 0 Å². The van der Waals surface area contributed by atoms with Crippen molar-refractivity contribution in [3.8, 4) is 11.8 Å². The zero-order valence-electron chi connectivity index (χ0n) is 15.7. The summed E-state index contributed by atoms with van der Waals surface area (Å²) in [7, 11) is 1.35. The van der Waals surface area contributed by atoms with Gasteiger partial charge in [0.2, 0.25) is 0 Å². The van der Waals surface area contributed by atoms with Crippen LogP contribution >= 0.6 is 0 Å². The van der Waals surface area contributed by atoms with Crippen molar-refractivity contribution in [3.63, 3.8) is 0 Å². The highest BCUT2D eigenvalue weighted by Crippen LogP contribution is 2.23. The van der Waals surface area contributed by atoms with Crippen LogP contribution in [0.15, 0.2) is 42.5 Å². The van der Waals surface area contributed by atoms with Crippen LogP contribution in [0.4, 0.5) is 10.1 Å². The van der Waals surface area contributed by atoms with Crippen LogP contribution in [-0.4, -0.2) is 57.3 Å². The molecular formula is C21H22FN3O3. The molecule has 1 fully saturated rings. The quantitative estimate of drug-likeness (QED) is 0.715. The number of esters is 1. The van der Waals surface area contributed by atoms with Crippen LogP contribution in [0.25, 0.3) is 0 Å². The number of rotatable bonds is 6. The molecule has 2 aromatic carbocycles. The highest BCUT2D eigenvalue weighted by atomic mass is 19.1. The van der Waals surface area contributed by atoms with Crippen molar-refractivity contribution >= 4 is 11.7 Å². The second-order valence-corrected chi connectivity index (χ2v) is 6.44. The SMILES string of the molecule is COC(=O)c1cccc(OCCN2CCN(c3cccc(F)c3C#N)CC2)c1. The minimum absolute atomic E-state index is 0.102. The summed E-state index contributed by atoms with van der Waals surface area (Å²) >= 11 is 0. The molecule has 7 heteroatoms. The third kappa shape index (κ3) is 4.59. The van der Waals surface area contributed by atoms with Crippen molar-refractivity contribution in [2.75, 3.05) is 51.3 Å². The average Bonchev–Trinajstić information content (AvgIpc) is 2.73. The van der Waals surface area contributed by atoms with Crippen LogP contribution < -0.4 is 9.64 Å². The number of piperazine rings is 1. The molecule has 6 nitrogen and oxygen atoms in total. The zero-order valence-corrected chi connectivity index (χ0v) is 15.7. The van der Waals surface area contributed by atoms with Gasteiger partial charge in [-0.1, -0.05) is 12.1 Å². The van der Waals surface area contributed by atoms with E-state index in [9.17, 15) is 14.4 Å². The Kier molecular flexibility index (Phi) is 6.45. The van der Waals surface area contributed by atoms with Crippen molar-refractivity contribution in [3.05, 3.63) is 59.4 Å². The summed E-state index contributed by atoms with van der Waals surface area (Å²) in [6, 6.07) is 13.6. The Morgan fingerprint density at radius 2 is 1.93 bits per heavy atom. The maximum Gasteiger partial charge on any atom is 0.337 e. The lowest BCUT2D eigenvalue weighted by atomic mass is 10.1. The van der Waals surface area contributed by atoms with E-state index >= 15 is 0 Å². The number of nitrogens with zero attached hydrogens (tertiary/aromatic N) is 3. The monoisotopic (exact) mass is 383 g/mol. The summed E-state index contributed by atoms with van der Waals surface area (Å²) < 4.78 is 24.3. The van der Waals surface area contributed by atoms with Gasteiger partial charge in [-0.25, -0.2) is 9.18 Å². The van der Waals surface area contributed by atoms with Gasteiger partial charge >= 0.3 is 5.97 Å². The molecule has 1 saturated heterocycles. The van der Waals surface area contributed by atoms with Crippen molar-refractivity contribution < 1.29 is 18.7 Å². The van der Waals surface area contributed by atoms with E-state index in [-0.39, 0.29) is 5.56 Å². The lowest BCUT2D eigenvalue weighted by Crippen LogP contribution is -2.47. The van der Waals surface area contributed by atoms with Crippen LogP contribution in [0, 0.1) is 17.1 Å². The summed E-state index contributed by atoms with van der Waals surface area (Å²) in [6.45, 7) is 4.27. The maximum absolute atomic E-state index is 13.8. The molecule has 0 spiro atoms. The molecule has 146 valence electrons. The van der Waals surface area contributed by atoms with E-state index < -0.39 is 11.8 Å². The molecule has 2 aromatic rings. The van der Waals surface area contributed by atoms with Gasteiger partial charge in [-0.2, -0.15) is 5.26 Å². The number of ether oxygens (including phenoxy) is 2. The molecule has 28 heavy (non-hydrogen) atoms. The topological polar surface area (TPSA) is 65.8 Å². The van der Waals surface area contributed by atoms with Crippen LogP contribution in [0.3, 0.4) is 0 Å². The van der Waals surface area contributed by atoms with Gasteiger partial charge in [-0.05, 0) is 30.3 Å². The van der Waals surface area contributed by atoms with E-state index in [0.29, 0.717) is 23.6 Å². The van der Waals surface area contributed by atoms with Crippen molar-refractivity contribution in [2.45, 2.75) is 0 Å². The third-order valence-corrected chi connectivity index (χ3v) is 4.75. The Hall–Kier alpha value is -3.11. The molecule has 0 radical (unpaired) electrons. The van der Waals surface area contributed by atoms with Crippen LogP contribution in [-0.2, 0) is 4.74 Å². The molecule has 1 aliphatic heterocycles. The van der Waals surface area contributed by atoms with Gasteiger partial charge in [0.1, 0.15) is 29.8 Å². The molecule has 0 saturated carbocycles. The summed E-state index contributed by atoms with van der Waals surface area (Å²) in [6.07, 6.45) is 0. The average molecular weight is 383 g/mol. The molecule has 0 atom stereocenters. The first-order valence-corrected chi connectivity index (χ1v) is 9.09. The number of carbonyl (C=O) groups excluding carboxylic acids is 1. The molecule has 0 unspecified atom stereocenters. The fraction of sp³-hybridized carbons (Fsp3) is 0.333. The van der Waals surface area contributed by atoms with E-state index in [1.165, 1.54) is 13.2 Å². The van der Waals surface area contributed by atoms with E-state index in [1.807, 2.05) is 11.0 Å². The first-order chi connectivity index (χ1) is 13.6. The Labute approximate surface area is 163 Å². The molecule has 3 rings (SSSR count). The van der Waals surface area contributed by atoms with Gasteiger partial charge in [0.25, 0.3) is 0 Å². The molecule has 0 aliphatic carbocycles. The Morgan fingerprint density at radius 1 is 1.18 bits per heavy atom. The molecule has 0 amide bonds. The van der Waals surface area contributed by atoms with Crippen molar-refractivity contribution in [2.24, 2.45) is 0 Å². The second-order valence-electron chi connectivity index (χ2n) is 6.44. The van der Waals surface area contributed by atoms with Crippen molar-refractivity contribution in [1.82, 2.24) is 4.90 Å². The number of hydrogen-bond donors (Lipinski definition) is 0. The maximum atomic E-state index is 13.8. The molecular weight excluding hydrogens is 361 g/mol. The number of methoxy groups -OCH3 is 1. The van der Waals surface area contributed by atoms with Gasteiger partial charge < -0.3 is 14.4 Å². The Morgan fingerprint density at radius 3 is 2.64 bits per heavy atom. The molecule has 1 heterocycles. The van der Waals surface area contributed by atoms with Crippen LogP contribution in [0.5, 0.6) is 5.75 Å². The standard InChI is InChI=1S/C21H22FN3O3/c1-27-21(26)16-4-2-5-17(14-16)28-13-12-24-8-10-25(11-9-24)20-7-3-6-19(22)18(20)15-23/h2-7,14H,8-13H2,1H3. The van der Waals surface area contributed by atoms with Gasteiger partial charge in [0, 0.05) is 32.7 Å². The zero-order chi connectivity index (χ0) is 19.9. The highest BCUT2D eigenvalue weighted by Gasteiger charge is 2.20. The number of hydrogen-bond acceptors (Lipinski definition) is 6. The Balaban J connectivity index is 1.49. The number of benzene rings is 2. The van der Waals surface area contributed by atoms with Crippen LogP contribution in [0.2, 0.25) is 0 Å². The number of halogens is 1. The number of anilines is 1.